The van der Waals surface area contributed by atoms with Gasteiger partial charge in [-0.3, -0.25) is 15.1 Å². The highest BCUT2D eigenvalue weighted by atomic mass is 35.5. The van der Waals surface area contributed by atoms with Gasteiger partial charge in [0.2, 0.25) is 0 Å². The third-order valence-corrected chi connectivity index (χ3v) is 2.33. The Hall–Kier alpha value is -1.68. The molecule has 0 aliphatic carbocycles. The first kappa shape index (κ1) is 8.90. The first-order valence-electron chi connectivity index (χ1n) is 3.87. The van der Waals surface area contributed by atoms with Crippen molar-refractivity contribution < 1.29 is 4.92 Å². The van der Waals surface area contributed by atoms with Gasteiger partial charge >= 0.3 is 0 Å². The molecule has 2 aromatic rings. The quantitative estimate of drug-likeness (QED) is 0.535. The molecule has 5 heteroatoms. The van der Waals surface area contributed by atoms with Crippen molar-refractivity contribution in [2.75, 3.05) is 0 Å². The molecule has 1 aromatic heterocycles. The summed E-state index contributed by atoms with van der Waals surface area (Å²) in [6, 6.07) is 4.80. The molecule has 4 nitrogen and oxygen atoms in total. The molecule has 0 unspecified atom stereocenters. The van der Waals surface area contributed by atoms with Gasteiger partial charge in [-0.2, -0.15) is 0 Å². The summed E-state index contributed by atoms with van der Waals surface area (Å²) in [6.07, 6.45) is 3.13. The molecule has 1 aromatic carbocycles. The van der Waals surface area contributed by atoms with E-state index in [0.717, 1.165) is 5.39 Å². The molecule has 0 saturated heterocycles. The SMILES string of the molecule is O=[N+]([O-])c1ccc2ccncc2c1Cl. The molecule has 2 rings (SSSR count). The predicted molar refractivity (Wildman–Crippen MR) is 53.4 cm³/mol. The maximum Gasteiger partial charge on any atom is 0.288 e. The van der Waals surface area contributed by atoms with Crippen molar-refractivity contribution in [2.45, 2.75) is 0 Å². The molecule has 0 radical (unpaired) electrons. The predicted octanol–water partition coefficient (Wildman–Crippen LogP) is 2.80. The number of pyridine rings is 1. The summed E-state index contributed by atoms with van der Waals surface area (Å²) in [5, 5.41) is 12.1. The van der Waals surface area contributed by atoms with Gasteiger partial charge in [0.25, 0.3) is 5.69 Å². The van der Waals surface area contributed by atoms with Gasteiger partial charge in [-0.25, -0.2) is 0 Å². The van der Waals surface area contributed by atoms with E-state index >= 15 is 0 Å². The minimum atomic E-state index is -0.505. The number of halogens is 1. The van der Waals surface area contributed by atoms with Crippen LogP contribution >= 0.6 is 11.6 Å². The maximum atomic E-state index is 10.6. The van der Waals surface area contributed by atoms with Crippen molar-refractivity contribution in [3.05, 3.63) is 45.7 Å². The van der Waals surface area contributed by atoms with Gasteiger partial charge in [-0.1, -0.05) is 11.6 Å². The summed E-state index contributed by atoms with van der Waals surface area (Å²) < 4.78 is 0. The van der Waals surface area contributed by atoms with Gasteiger partial charge in [-0.05, 0) is 17.5 Å². The number of nitrogens with zero attached hydrogens (tertiary/aromatic N) is 2. The van der Waals surface area contributed by atoms with Crippen LogP contribution in [0.4, 0.5) is 5.69 Å². The second-order valence-corrected chi connectivity index (χ2v) is 3.13. The highest BCUT2D eigenvalue weighted by molar-refractivity contribution is 6.37. The number of hydrogen-bond acceptors (Lipinski definition) is 3. The molecule has 0 aliphatic heterocycles. The molecule has 70 valence electrons. The van der Waals surface area contributed by atoms with E-state index in [1.807, 2.05) is 0 Å². The Kier molecular flexibility index (Phi) is 2.05. The molecule has 0 aliphatic rings. The number of fused-ring (bicyclic) bond motifs is 1. The van der Waals surface area contributed by atoms with Crippen molar-refractivity contribution in [3.8, 4) is 0 Å². The number of nitro groups is 1. The van der Waals surface area contributed by atoms with Crippen LogP contribution in [0, 0.1) is 10.1 Å². The van der Waals surface area contributed by atoms with E-state index in [1.54, 1.807) is 18.3 Å². The Balaban J connectivity index is 2.81. The number of aromatic nitrogens is 1. The average molecular weight is 209 g/mol. The van der Waals surface area contributed by atoms with Crippen molar-refractivity contribution in [1.29, 1.82) is 0 Å². The summed E-state index contributed by atoms with van der Waals surface area (Å²) in [5.41, 5.74) is -0.0906. The molecule has 0 saturated carbocycles. The molecule has 14 heavy (non-hydrogen) atoms. The number of rotatable bonds is 1. The molecule has 0 fully saturated rings. The van der Waals surface area contributed by atoms with E-state index < -0.39 is 4.92 Å². The van der Waals surface area contributed by atoms with Crippen LogP contribution in [0.5, 0.6) is 0 Å². The summed E-state index contributed by atoms with van der Waals surface area (Å²) in [7, 11) is 0. The molecular formula is C9H5ClN2O2. The van der Waals surface area contributed by atoms with Gasteiger partial charge in [0.15, 0.2) is 0 Å². The highest BCUT2D eigenvalue weighted by Crippen LogP contribution is 2.31. The van der Waals surface area contributed by atoms with E-state index in [1.165, 1.54) is 12.3 Å². The van der Waals surface area contributed by atoms with Crippen molar-refractivity contribution in [2.24, 2.45) is 0 Å². The van der Waals surface area contributed by atoms with Gasteiger partial charge in [0.05, 0.1) is 4.92 Å². The van der Waals surface area contributed by atoms with E-state index in [-0.39, 0.29) is 10.7 Å². The second kappa shape index (κ2) is 3.23. The fraction of sp³-hybridized carbons (Fsp3) is 0. The summed E-state index contributed by atoms with van der Waals surface area (Å²) in [5.74, 6) is 0. The Labute approximate surface area is 84.3 Å². The highest BCUT2D eigenvalue weighted by Gasteiger charge is 2.14. The van der Waals surface area contributed by atoms with E-state index in [2.05, 4.69) is 4.98 Å². The monoisotopic (exact) mass is 208 g/mol. The first-order chi connectivity index (χ1) is 6.70. The third-order valence-electron chi connectivity index (χ3n) is 1.93. The van der Waals surface area contributed by atoms with Crippen LogP contribution < -0.4 is 0 Å². The van der Waals surface area contributed by atoms with E-state index in [9.17, 15) is 10.1 Å². The molecule has 1 heterocycles. The van der Waals surface area contributed by atoms with Crippen molar-refractivity contribution >= 4 is 28.1 Å². The minimum Gasteiger partial charge on any atom is -0.264 e. The van der Waals surface area contributed by atoms with Gasteiger partial charge < -0.3 is 0 Å². The zero-order valence-corrected chi connectivity index (χ0v) is 7.73. The zero-order chi connectivity index (χ0) is 10.1. The van der Waals surface area contributed by atoms with Crippen LogP contribution in [-0.4, -0.2) is 9.91 Å². The van der Waals surface area contributed by atoms with Crippen LogP contribution in [0.3, 0.4) is 0 Å². The van der Waals surface area contributed by atoms with Gasteiger partial charge in [-0.15, -0.1) is 0 Å². The van der Waals surface area contributed by atoms with Crippen LogP contribution in [-0.2, 0) is 0 Å². The average Bonchev–Trinajstić information content (AvgIpc) is 2.18. The number of hydrogen-bond donors (Lipinski definition) is 0. The maximum absolute atomic E-state index is 10.6. The van der Waals surface area contributed by atoms with E-state index in [4.69, 9.17) is 11.6 Å². The fourth-order valence-electron chi connectivity index (χ4n) is 1.25. The smallest absolute Gasteiger partial charge is 0.264 e. The Bertz CT molecular complexity index is 513. The summed E-state index contributed by atoms with van der Waals surface area (Å²) >= 11 is 5.85. The van der Waals surface area contributed by atoms with Crippen LogP contribution in [0.1, 0.15) is 0 Å². The Morgan fingerprint density at radius 2 is 2.14 bits per heavy atom. The fourth-order valence-corrected chi connectivity index (χ4v) is 1.54. The first-order valence-corrected chi connectivity index (χ1v) is 4.24. The summed E-state index contributed by atoms with van der Waals surface area (Å²) in [4.78, 5) is 13.9. The lowest BCUT2D eigenvalue weighted by atomic mass is 10.1. The van der Waals surface area contributed by atoms with Crippen LogP contribution in [0.2, 0.25) is 5.02 Å². The van der Waals surface area contributed by atoms with Crippen LogP contribution in [0.15, 0.2) is 30.6 Å². The number of benzene rings is 1. The molecule has 0 spiro atoms. The Morgan fingerprint density at radius 3 is 2.86 bits per heavy atom. The van der Waals surface area contributed by atoms with Crippen LogP contribution in [0.25, 0.3) is 10.8 Å². The zero-order valence-electron chi connectivity index (χ0n) is 6.98. The minimum absolute atomic E-state index is 0.0906. The molecular weight excluding hydrogens is 204 g/mol. The third kappa shape index (κ3) is 1.29. The van der Waals surface area contributed by atoms with Gasteiger partial charge in [0.1, 0.15) is 5.02 Å². The van der Waals surface area contributed by atoms with Gasteiger partial charge in [0, 0.05) is 23.8 Å². The lowest BCUT2D eigenvalue weighted by Gasteiger charge is -1.99. The second-order valence-electron chi connectivity index (χ2n) is 2.75. The molecule has 0 amide bonds. The Morgan fingerprint density at radius 1 is 1.36 bits per heavy atom. The van der Waals surface area contributed by atoms with Crippen molar-refractivity contribution in [3.63, 3.8) is 0 Å². The molecule has 0 N–H and O–H groups in total. The lowest BCUT2D eigenvalue weighted by Crippen LogP contribution is -1.89. The molecule has 0 bridgehead atoms. The lowest BCUT2D eigenvalue weighted by molar-refractivity contribution is -0.384. The van der Waals surface area contributed by atoms with Crippen molar-refractivity contribution in [1.82, 2.24) is 4.98 Å². The summed E-state index contributed by atoms with van der Waals surface area (Å²) in [6.45, 7) is 0. The normalized spacial score (nSPS) is 10.4. The standard InChI is InChI=1S/C9H5ClN2O2/c10-9-7-5-11-4-3-6(7)1-2-8(9)12(13)14/h1-5H. The molecule has 0 atom stereocenters. The largest absolute Gasteiger partial charge is 0.288 e. The topological polar surface area (TPSA) is 56.0 Å². The van der Waals surface area contributed by atoms with E-state index in [0.29, 0.717) is 5.39 Å². The number of nitro benzene ring substituents is 1.